The minimum Gasteiger partial charge on any atom is -0.364 e. The molecule has 6 heteroatoms. The molecule has 1 atom stereocenters. The Balaban J connectivity index is 1.29. The van der Waals surface area contributed by atoms with Crippen LogP contribution in [0, 0.1) is 5.92 Å². The molecule has 122 valence electrons. The summed E-state index contributed by atoms with van der Waals surface area (Å²) >= 11 is 0. The second kappa shape index (κ2) is 6.18. The number of likely N-dealkylation sites (tertiary alicyclic amines) is 1. The van der Waals surface area contributed by atoms with E-state index in [-0.39, 0.29) is 6.04 Å². The molecule has 1 aliphatic heterocycles. The summed E-state index contributed by atoms with van der Waals surface area (Å²) < 4.78 is 1.76. The van der Waals surface area contributed by atoms with Crippen LogP contribution in [0.2, 0.25) is 0 Å². The van der Waals surface area contributed by atoms with Gasteiger partial charge in [-0.25, -0.2) is 9.50 Å². The van der Waals surface area contributed by atoms with Gasteiger partial charge in [0.25, 0.3) is 0 Å². The van der Waals surface area contributed by atoms with Gasteiger partial charge in [-0.2, -0.15) is 0 Å². The lowest BCUT2D eigenvalue weighted by molar-refractivity contribution is -0.130. The van der Waals surface area contributed by atoms with E-state index < -0.39 is 0 Å². The molecule has 1 amide bonds. The molecule has 1 aliphatic carbocycles. The number of hydrogen-bond acceptors (Lipinski definition) is 4. The van der Waals surface area contributed by atoms with Gasteiger partial charge in [0.05, 0.1) is 0 Å². The summed E-state index contributed by atoms with van der Waals surface area (Å²) in [6.45, 7) is 1.64. The molecule has 1 unspecified atom stereocenters. The molecule has 23 heavy (non-hydrogen) atoms. The summed E-state index contributed by atoms with van der Waals surface area (Å²) in [6.07, 6.45) is 10.3. The van der Waals surface area contributed by atoms with Gasteiger partial charge in [-0.05, 0) is 30.9 Å². The van der Waals surface area contributed by atoms with Crippen molar-refractivity contribution >= 4 is 17.4 Å². The van der Waals surface area contributed by atoms with E-state index in [9.17, 15) is 4.79 Å². The first kappa shape index (κ1) is 14.5. The molecule has 1 N–H and O–H groups in total. The molecule has 0 radical (unpaired) electrons. The zero-order chi connectivity index (χ0) is 15.6. The Kier molecular flexibility index (Phi) is 3.89. The van der Waals surface area contributed by atoms with Gasteiger partial charge in [-0.15, -0.1) is 5.10 Å². The molecule has 1 saturated carbocycles. The van der Waals surface area contributed by atoms with Crippen molar-refractivity contribution in [3.63, 3.8) is 0 Å². The van der Waals surface area contributed by atoms with E-state index in [4.69, 9.17) is 0 Å². The van der Waals surface area contributed by atoms with Crippen LogP contribution in [0.1, 0.15) is 38.5 Å². The van der Waals surface area contributed by atoms with Crippen LogP contribution in [0.15, 0.2) is 24.5 Å². The van der Waals surface area contributed by atoms with Gasteiger partial charge in [0, 0.05) is 37.9 Å². The van der Waals surface area contributed by atoms with E-state index in [1.807, 2.05) is 23.2 Å². The quantitative estimate of drug-likeness (QED) is 0.920. The third-order valence-electron chi connectivity index (χ3n) is 5.14. The highest BCUT2D eigenvalue weighted by atomic mass is 16.2. The zero-order valence-electron chi connectivity index (χ0n) is 13.3. The minimum atomic E-state index is 0.288. The molecule has 3 heterocycles. The predicted molar refractivity (Wildman–Crippen MR) is 88.2 cm³/mol. The van der Waals surface area contributed by atoms with Gasteiger partial charge in [-0.3, -0.25) is 4.79 Å². The molecule has 1 saturated heterocycles. The Morgan fingerprint density at radius 1 is 1.30 bits per heavy atom. The second-order valence-electron chi connectivity index (χ2n) is 6.75. The summed E-state index contributed by atoms with van der Waals surface area (Å²) in [5.74, 6) is 1.96. The summed E-state index contributed by atoms with van der Waals surface area (Å²) in [7, 11) is 0. The summed E-state index contributed by atoms with van der Waals surface area (Å²) in [5, 5.41) is 7.93. The molecule has 4 rings (SSSR count). The number of carbonyl (C=O) groups is 1. The summed E-state index contributed by atoms with van der Waals surface area (Å²) in [5.41, 5.74) is 0.842. The highest BCUT2D eigenvalue weighted by Crippen LogP contribution is 2.30. The molecule has 6 nitrogen and oxygen atoms in total. The van der Waals surface area contributed by atoms with Crippen molar-refractivity contribution in [2.45, 2.75) is 44.6 Å². The maximum atomic E-state index is 12.3. The molecule has 0 spiro atoms. The van der Waals surface area contributed by atoms with Gasteiger partial charge in [0.2, 0.25) is 5.91 Å². The molecular formula is C17H23N5O. The molecule has 2 aromatic heterocycles. The molecule has 0 bridgehead atoms. The number of fused-ring (bicyclic) bond motifs is 1. The smallest absolute Gasteiger partial charge is 0.222 e. The number of hydrogen-bond donors (Lipinski definition) is 1. The zero-order valence-corrected chi connectivity index (χ0v) is 13.3. The van der Waals surface area contributed by atoms with E-state index in [0.29, 0.717) is 5.91 Å². The third kappa shape index (κ3) is 3.16. The average Bonchev–Trinajstić information content (AvgIpc) is 3.14. The van der Waals surface area contributed by atoms with Crippen molar-refractivity contribution in [3.05, 3.63) is 24.5 Å². The minimum absolute atomic E-state index is 0.288. The van der Waals surface area contributed by atoms with E-state index in [1.165, 1.54) is 19.3 Å². The second-order valence-corrected chi connectivity index (χ2v) is 6.75. The Morgan fingerprint density at radius 3 is 3.04 bits per heavy atom. The summed E-state index contributed by atoms with van der Waals surface area (Å²) in [6, 6.07) is 4.19. The van der Waals surface area contributed by atoms with Gasteiger partial charge < -0.3 is 10.2 Å². The molecular weight excluding hydrogens is 290 g/mol. The Hall–Kier alpha value is -2.11. The van der Waals surface area contributed by atoms with E-state index in [1.54, 1.807) is 10.7 Å². The number of nitrogens with zero attached hydrogens (tertiary/aromatic N) is 4. The van der Waals surface area contributed by atoms with Gasteiger partial charge >= 0.3 is 0 Å². The van der Waals surface area contributed by atoms with E-state index in [0.717, 1.165) is 49.7 Å². The number of anilines is 1. The number of amides is 1. The van der Waals surface area contributed by atoms with Crippen molar-refractivity contribution in [2.24, 2.45) is 5.92 Å². The van der Waals surface area contributed by atoms with Crippen LogP contribution in [-0.4, -0.2) is 44.5 Å². The standard InChI is InChI=1S/C17H23N5O/c23-17(7-4-13-2-1-3-13)21-10-8-14(12-21)19-15-5-6-16-18-9-11-22(16)20-15/h5-6,9,11,13-14H,1-4,7-8,10,12H2,(H,19,20). The molecule has 2 aliphatic rings. The van der Waals surface area contributed by atoms with Crippen molar-refractivity contribution < 1.29 is 4.79 Å². The van der Waals surface area contributed by atoms with Crippen LogP contribution in [0.3, 0.4) is 0 Å². The third-order valence-corrected chi connectivity index (χ3v) is 5.14. The van der Waals surface area contributed by atoms with Crippen molar-refractivity contribution in [1.29, 1.82) is 0 Å². The first-order valence-electron chi connectivity index (χ1n) is 8.62. The van der Waals surface area contributed by atoms with Gasteiger partial charge in [0.1, 0.15) is 5.82 Å². The maximum Gasteiger partial charge on any atom is 0.222 e. The number of carbonyl (C=O) groups excluding carboxylic acids is 1. The summed E-state index contributed by atoms with van der Waals surface area (Å²) in [4.78, 5) is 18.5. The van der Waals surface area contributed by atoms with Crippen LogP contribution in [0.25, 0.3) is 5.65 Å². The number of nitrogens with one attached hydrogen (secondary N) is 1. The van der Waals surface area contributed by atoms with Crippen LogP contribution in [-0.2, 0) is 4.79 Å². The molecule has 2 aromatic rings. The first-order chi connectivity index (χ1) is 11.3. The first-order valence-corrected chi connectivity index (χ1v) is 8.62. The largest absolute Gasteiger partial charge is 0.364 e. The number of imidazole rings is 1. The van der Waals surface area contributed by atoms with Crippen molar-refractivity contribution in [2.75, 3.05) is 18.4 Å². The Bertz CT molecular complexity index is 693. The topological polar surface area (TPSA) is 62.5 Å². The fraction of sp³-hybridized carbons (Fsp3) is 0.588. The fourth-order valence-electron chi connectivity index (χ4n) is 3.47. The lowest BCUT2D eigenvalue weighted by Gasteiger charge is -2.26. The van der Waals surface area contributed by atoms with Gasteiger partial charge in [-0.1, -0.05) is 19.3 Å². The average molecular weight is 313 g/mol. The normalized spacial score (nSPS) is 21.6. The fourth-order valence-corrected chi connectivity index (χ4v) is 3.47. The van der Waals surface area contributed by atoms with Crippen LogP contribution < -0.4 is 5.32 Å². The Morgan fingerprint density at radius 2 is 2.22 bits per heavy atom. The highest BCUT2D eigenvalue weighted by molar-refractivity contribution is 5.76. The van der Waals surface area contributed by atoms with Gasteiger partial charge in [0.15, 0.2) is 5.65 Å². The number of rotatable bonds is 5. The highest BCUT2D eigenvalue weighted by Gasteiger charge is 2.27. The monoisotopic (exact) mass is 313 g/mol. The SMILES string of the molecule is O=C(CCC1CCC1)N1CCC(Nc2ccc3nccn3n2)C1. The lowest BCUT2D eigenvalue weighted by atomic mass is 9.82. The maximum absolute atomic E-state index is 12.3. The predicted octanol–water partition coefficient (Wildman–Crippen LogP) is 2.32. The van der Waals surface area contributed by atoms with Crippen LogP contribution >= 0.6 is 0 Å². The number of aromatic nitrogens is 3. The van der Waals surface area contributed by atoms with Crippen molar-refractivity contribution in [1.82, 2.24) is 19.5 Å². The van der Waals surface area contributed by atoms with E-state index >= 15 is 0 Å². The Labute approximate surface area is 135 Å². The molecule has 0 aromatic carbocycles. The molecule has 2 fully saturated rings. The van der Waals surface area contributed by atoms with Crippen LogP contribution in [0.4, 0.5) is 5.82 Å². The van der Waals surface area contributed by atoms with Crippen molar-refractivity contribution in [3.8, 4) is 0 Å². The van der Waals surface area contributed by atoms with E-state index in [2.05, 4.69) is 15.4 Å². The lowest BCUT2D eigenvalue weighted by Crippen LogP contribution is -2.32. The van der Waals surface area contributed by atoms with Crippen LogP contribution in [0.5, 0.6) is 0 Å².